The highest BCUT2D eigenvalue weighted by Crippen LogP contribution is 2.30. The van der Waals surface area contributed by atoms with E-state index in [1.165, 1.54) is 34.2 Å². The molecule has 0 aliphatic rings. The summed E-state index contributed by atoms with van der Waals surface area (Å²) in [7, 11) is 0. The molecule has 0 saturated heterocycles. The van der Waals surface area contributed by atoms with Crippen molar-refractivity contribution in [2.45, 2.75) is 26.0 Å². The Morgan fingerprint density at radius 1 is 1.14 bits per heavy atom. The first kappa shape index (κ1) is 19.6. The van der Waals surface area contributed by atoms with Crippen LogP contribution in [0.15, 0.2) is 52.1 Å². The number of amides is 1. The van der Waals surface area contributed by atoms with Crippen molar-refractivity contribution >= 4 is 44.4 Å². The molecule has 0 radical (unpaired) electrons. The van der Waals surface area contributed by atoms with Crippen LogP contribution in [0.4, 0.5) is 5.13 Å². The monoisotopic (exact) mass is 424 g/mol. The van der Waals surface area contributed by atoms with Crippen molar-refractivity contribution in [3.63, 3.8) is 0 Å². The number of thioether (sulfide) groups is 1. The van der Waals surface area contributed by atoms with Gasteiger partial charge < -0.3 is 4.42 Å². The van der Waals surface area contributed by atoms with Gasteiger partial charge in [0.1, 0.15) is 0 Å². The number of carbonyl (C=O) groups is 1. The van der Waals surface area contributed by atoms with Gasteiger partial charge in [-0.15, -0.1) is 10.2 Å². The molecule has 0 atom stereocenters. The lowest BCUT2D eigenvalue weighted by Gasteiger charge is -2.16. The fourth-order valence-corrected chi connectivity index (χ4v) is 4.54. The first-order chi connectivity index (χ1) is 14.0. The second kappa shape index (κ2) is 8.34. The van der Waals surface area contributed by atoms with Gasteiger partial charge >= 0.3 is 0 Å². The highest BCUT2D eigenvalue weighted by molar-refractivity contribution is 7.99. The zero-order valence-electron chi connectivity index (χ0n) is 16.4. The molecule has 29 heavy (non-hydrogen) atoms. The number of para-hydroxylation sites is 1. The summed E-state index contributed by atoms with van der Waals surface area (Å²) in [4.78, 5) is 19.0. The SMILES string of the molecule is CCN(C(=O)CSc1nnc(-c2ccc(C)c(C)c2)o1)c1nc2ccccc2s1. The molecule has 0 aliphatic carbocycles. The van der Waals surface area contributed by atoms with Gasteiger partial charge in [0.05, 0.1) is 16.0 Å². The number of nitrogens with zero attached hydrogens (tertiary/aromatic N) is 4. The van der Waals surface area contributed by atoms with E-state index in [0.29, 0.717) is 22.8 Å². The lowest BCUT2D eigenvalue weighted by atomic mass is 10.1. The minimum absolute atomic E-state index is 0.0394. The van der Waals surface area contributed by atoms with Crippen molar-refractivity contribution < 1.29 is 9.21 Å². The first-order valence-corrected chi connectivity index (χ1v) is 11.0. The number of anilines is 1. The summed E-state index contributed by atoms with van der Waals surface area (Å²) in [6.45, 7) is 6.60. The molecule has 8 heteroatoms. The smallest absolute Gasteiger partial charge is 0.277 e. The van der Waals surface area contributed by atoms with Crippen molar-refractivity contribution in [2.75, 3.05) is 17.2 Å². The predicted octanol–water partition coefficient (Wildman–Crippen LogP) is 5.11. The Balaban J connectivity index is 1.44. The van der Waals surface area contributed by atoms with E-state index in [2.05, 4.69) is 22.1 Å². The quantitative estimate of drug-likeness (QED) is 0.401. The molecule has 0 aliphatic heterocycles. The van der Waals surface area contributed by atoms with Gasteiger partial charge in [-0.05, 0) is 56.2 Å². The van der Waals surface area contributed by atoms with E-state index in [0.717, 1.165) is 15.8 Å². The number of benzene rings is 2. The highest BCUT2D eigenvalue weighted by atomic mass is 32.2. The number of aryl methyl sites for hydroxylation is 2. The summed E-state index contributed by atoms with van der Waals surface area (Å²) in [5.74, 6) is 0.627. The van der Waals surface area contributed by atoms with E-state index in [-0.39, 0.29) is 11.7 Å². The number of fused-ring (bicyclic) bond motifs is 1. The van der Waals surface area contributed by atoms with E-state index in [9.17, 15) is 4.79 Å². The average molecular weight is 425 g/mol. The van der Waals surface area contributed by atoms with Gasteiger partial charge in [0.15, 0.2) is 5.13 Å². The topological polar surface area (TPSA) is 72.1 Å². The molecule has 2 aromatic heterocycles. The molecule has 0 fully saturated rings. The molecule has 4 aromatic rings. The maximum absolute atomic E-state index is 12.8. The Morgan fingerprint density at radius 3 is 2.72 bits per heavy atom. The summed E-state index contributed by atoms with van der Waals surface area (Å²) >= 11 is 2.76. The van der Waals surface area contributed by atoms with Crippen molar-refractivity contribution in [1.82, 2.24) is 15.2 Å². The van der Waals surface area contributed by atoms with Crippen LogP contribution in [-0.4, -0.2) is 33.4 Å². The molecule has 148 valence electrons. The molecule has 2 aromatic carbocycles. The van der Waals surface area contributed by atoms with Crippen LogP contribution in [0.2, 0.25) is 0 Å². The van der Waals surface area contributed by atoms with E-state index < -0.39 is 0 Å². The van der Waals surface area contributed by atoms with Gasteiger partial charge in [0, 0.05) is 12.1 Å². The van der Waals surface area contributed by atoms with Gasteiger partial charge in [-0.1, -0.05) is 41.3 Å². The molecule has 2 heterocycles. The molecule has 6 nitrogen and oxygen atoms in total. The number of rotatable bonds is 6. The zero-order chi connectivity index (χ0) is 20.4. The molecule has 0 bridgehead atoms. The summed E-state index contributed by atoms with van der Waals surface area (Å²) < 4.78 is 6.81. The zero-order valence-corrected chi connectivity index (χ0v) is 18.0. The standard InChI is InChI=1S/C21H20N4O2S2/c1-4-25(20-22-16-7-5-6-8-17(16)29-20)18(26)12-28-21-24-23-19(27-21)15-10-9-13(2)14(3)11-15/h5-11H,4,12H2,1-3H3. The molecule has 0 N–H and O–H groups in total. The van der Waals surface area contributed by atoms with Crippen molar-refractivity contribution in [3.8, 4) is 11.5 Å². The first-order valence-electron chi connectivity index (χ1n) is 9.25. The molecular formula is C21H20N4O2S2. The van der Waals surface area contributed by atoms with Crippen LogP contribution in [0.25, 0.3) is 21.7 Å². The Morgan fingerprint density at radius 2 is 1.97 bits per heavy atom. The third-order valence-corrected chi connectivity index (χ3v) is 6.47. The van der Waals surface area contributed by atoms with Gasteiger partial charge in [0.2, 0.25) is 11.8 Å². The molecular weight excluding hydrogens is 404 g/mol. The minimum atomic E-state index is -0.0394. The molecule has 0 unspecified atom stereocenters. The predicted molar refractivity (Wildman–Crippen MR) is 118 cm³/mol. The third-order valence-electron chi connectivity index (χ3n) is 4.61. The number of hydrogen-bond acceptors (Lipinski definition) is 7. The summed E-state index contributed by atoms with van der Waals surface area (Å²) in [6.07, 6.45) is 0. The summed E-state index contributed by atoms with van der Waals surface area (Å²) in [6, 6.07) is 13.9. The molecule has 0 saturated carbocycles. The minimum Gasteiger partial charge on any atom is -0.411 e. The van der Waals surface area contributed by atoms with Crippen LogP contribution in [0.1, 0.15) is 18.1 Å². The Bertz CT molecular complexity index is 1140. The molecule has 1 amide bonds. The average Bonchev–Trinajstić information content (AvgIpc) is 3.36. The maximum Gasteiger partial charge on any atom is 0.277 e. The Kier molecular flexibility index (Phi) is 5.64. The van der Waals surface area contributed by atoms with Crippen molar-refractivity contribution in [1.29, 1.82) is 0 Å². The van der Waals surface area contributed by atoms with Gasteiger partial charge in [0.25, 0.3) is 5.22 Å². The number of hydrogen-bond donors (Lipinski definition) is 0. The van der Waals surface area contributed by atoms with E-state index in [4.69, 9.17) is 4.42 Å². The Labute approximate surface area is 177 Å². The van der Waals surface area contributed by atoms with Crippen LogP contribution in [0.5, 0.6) is 0 Å². The number of aromatic nitrogens is 3. The van der Waals surface area contributed by atoms with Crippen LogP contribution < -0.4 is 4.90 Å². The second-order valence-corrected chi connectivity index (χ2v) is 8.50. The van der Waals surface area contributed by atoms with Gasteiger partial charge in [-0.3, -0.25) is 9.69 Å². The largest absolute Gasteiger partial charge is 0.411 e. The van der Waals surface area contributed by atoms with Crippen LogP contribution in [0.3, 0.4) is 0 Å². The molecule has 4 rings (SSSR count). The van der Waals surface area contributed by atoms with Gasteiger partial charge in [-0.2, -0.15) is 0 Å². The van der Waals surface area contributed by atoms with E-state index in [1.54, 1.807) is 4.90 Å². The Hall–Kier alpha value is -2.71. The van der Waals surface area contributed by atoms with Crippen LogP contribution in [-0.2, 0) is 4.79 Å². The third kappa shape index (κ3) is 4.18. The lowest BCUT2D eigenvalue weighted by molar-refractivity contribution is -0.116. The fourth-order valence-electron chi connectivity index (χ4n) is 2.85. The summed E-state index contributed by atoms with van der Waals surface area (Å²) in [5.41, 5.74) is 4.16. The number of thiazole rings is 1. The molecule has 0 spiro atoms. The second-order valence-electron chi connectivity index (χ2n) is 6.56. The van der Waals surface area contributed by atoms with E-state index in [1.807, 2.05) is 56.3 Å². The van der Waals surface area contributed by atoms with Gasteiger partial charge in [-0.25, -0.2) is 4.98 Å². The van der Waals surface area contributed by atoms with Crippen LogP contribution >= 0.6 is 23.1 Å². The maximum atomic E-state index is 12.8. The van der Waals surface area contributed by atoms with E-state index >= 15 is 0 Å². The summed E-state index contributed by atoms with van der Waals surface area (Å²) in [5, 5.41) is 9.28. The van der Waals surface area contributed by atoms with Crippen molar-refractivity contribution in [3.05, 3.63) is 53.6 Å². The van der Waals surface area contributed by atoms with Crippen LogP contribution in [0, 0.1) is 13.8 Å². The van der Waals surface area contributed by atoms with Crippen molar-refractivity contribution in [2.24, 2.45) is 0 Å². The number of carbonyl (C=O) groups excluding carboxylic acids is 1. The normalized spacial score (nSPS) is 11.1. The highest BCUT2D eigenvalue weighted by Gasteiger charge is 2.19. The lowest BCUT2D eigenvalue weighted by Crippen LogP contribution is -2.32. The fraction of sp³-hybridized carbons (Fsp3) is 0.238.